The monoisotopic (exact) mass is 260 g/mol. The highest BCUT2D eigenvalue weighted by molar-refractivity contribution is 5.25. The zero-order valence-corrected chi connectivity index (χ0v) is 12.6. The highest BCUT2D eigenvalue weighted by Crippen LogP contribution is 2.31. The molecule has 0 bridgehead atoms. The summed E-state index contributed by atoms with van der Waals surface area (Å²) in [5, 5.41) is 0. The van der Waals surface area contributed by atoms with E-state index < -0.39 is 0 Å². The molecule has 2 nitrogen and oxygen atoms in total. The molecular weight excluding hydrogens is 232 g/mol. The van der Waals surface area contributed by atoms with E-state index >= 15 is 0 Å². The molecule has 106 valence electrons. The fourth-order valence-corrected chi connectivity index (χ4v) is 3.37. The van der Waals surface area contributed by atoms with Crippen LogP contribution in [0.1, 0.15) is 50.3 Å². The summed E-state index contributed by atoms with van der Waals surface area (Å²) in [6.45, 7) is 8.97. The van der Waals surface area contributed by atoms with Crippen molar-refractivity contribution < 1.29 is 0 Å². The molecule has 1 aromatic rings. The van der Waals surface area contributed by atoms with E-state index in [2.05, 4.69) is 49.9 Å². The molecule has 1 fully saturated rings. The van der Waals surface area contributed by atoms with E-state index in [9.17, 15) is 0 Å². The molecule has 2 heteroatoms. The van der Waals surface area contributed by atoms with Crippen molar-refractivity contribution in [1.82, 2.24) is 4.90 Å². The van der Waals surface area contributed by atoms with Crippen LogP contribution in [0.2, 0.25) is 0 Å². The molecular formula is C17H28N2. The summed E-state index contributed by atoms with van der Waals surface area (Å²) in [6, 6.07) is 9.45. The van der Waals surface area contributed by atoms with Gasteiger partial charge in [0, 0.05) is 18.6 Å². The van der Waals surface area contributed by atoms with Crippen LogP contribution in [-0.2, 0) is 0 Å². The average Bonchev–Trinajstić information content (AvgIpc) is 2.80. The fourth-order valence-electron chi connectivity index (χ4n) is 3.37. The number of aryl methyl sites for hydroxylation is 1. The maximum Gasteiger partial charge on any atom is 0.0496 e. The van der Waals surface area contributed by atoms with Gasteiger partial charge in [0.2, 0.25) is 0 Å². The lowest BCUT2D eigenvalue weighted by Gasteiger charge is -2.31. The molecule has 0 aliphatic carbocycles. The zero-order valence-electron chi connectivity index (χ0n) is 12.6. The van der Waals surface area contributed by atoms with Crippen molar-refractivity contribution in [2.45, 2.75) is 52.1 Å². The van der Waals surface area contributed by atoms with Crippen molar-refractivity contribution in [2.24, 2.45) is 11.7 Å². The molecule has 1 aliphatic heterocycles. The van der Waals surface area contributed by atoms with Crippen molar-refractivity contribution in [3.05, 3.63) is 35.4 Å². The van der Waals surface area contributed by atoms with Crippen LogP contribution in [0.3, 0.4) is 0 Å². The van der Waals surface area contributed by atoms with Crippen molar-refractivity contribution in [3.63, 3.8) is 0 Å². The third-order valence-corrected chi connectivity index (χ3v) is 4.32. The predicted octanol–water partition coefficient (Wildman–Crippen LogP) is 3.51. The molecule has 1 heterocycles. The molecule has 19 heavy (non-hydrogen) atoms. The van der Waals surface area contributed by atoms with Gasteiger partial charge >= 0.3 is 0 Å². The van der Waals surface area contributed by atoms with Crippen LogP contribution >= 0.6 is 0 Å². The molecule has 2 rings (SSSR count). The average molecular weight is 260 g/mol. The van der Waals surface area contributed by atoms with Gasteiger partial charge < -0.3 is 5.73 Å². The zero-order chi connectivity index (χ0) is 13.8. The van der Waals surface area contributed by atoms with Gasteiger partial charge in [0.15, 0.2) is 0 Å². The van der Waals surface area contributed by atoms with Gasteiger partial charge in [-0.25, -0.2) is 0 Å². The minimum atomic E-state index is 0.183. The second-order valence-corrected chi connectivity index (χ2v) is 6.15. The summed E-state index contributed by atoms with van der Waals surface area (Å²) in [7, 11) is 0. The van der Waals surface area contributed by atoms with Crippen LogP contribution in [0.4, 0.5) is 0 Å². The summed E-state index contributed by atoms with van der Waals surface area (Å²) >= 11 is 0. The Kier molecular flexibility index (Phi) is 5.00. The number of rotatable bonds is 5. The maximum absolute atomic E-state index is 6.26. The predicted molar refractivity (Wildman–Crippen MR) is 82.2 cm³/mol. The van der Waals surface area contributed by atoms with E-state index in [1.807, 2.05) is 0 Å². The van der Waals surface area contributed by atoms with Gasteiger partial charge in [-0.05, 0) is 44.7 Å². The summed E-state index contributed by atoms with van der Waals surface area (Å²) in [6.07, 6.45) is 3.99. The van der Waals surface area contributed by atoms with Gasteiger partial charge in [-0.1, -0.05) is 43.2 Å². The van der Waals surface area contributed by atoms with E-state index in [0.29, 0.717) is 6.04 Å². The maximum atomic E-state index is 6.26. The van der Waals surface area contributed by atoms with Gasteiger partial charge in [0.25, 0.3) is 0 Å². The van der Waals surface area contributed by atoms with E-state index in [-0.39, 0.29) is 6.04 Å². The quantitative estimate of drug-likeness (QED) is 0.878. The first-order valence-corrected chi connectivity index (χ1v) is 7.68. The Bertz CT molecular complexity index is 383. The Labute approximate surface area is 118 Å². The van der Waals surface area contributed by atoms with Gasteiger partial charge in [-0.2, -0.15) is 0 Å². The largest absolute Gasteiger partial charge is 0.326 e. The van der Waals surface area contributed by atoms with Crippen molar-refractivity contribution in [1.29, 1.82) is 0 Å². The van der Waals surface area contributed by atoms with E-state index in [1.165, 1.54) is 43.5 Å². The van der Waals surface area contributed by atoms with Gasteiger partial charge in [0.05, 0.1) is 0 Å². The molecule has 3 atom stereocenters. The molecule has 0 radical (unpaired) electrons. The van der Waals surface area contributed by atoms with Crippen LogP contribution in [0, 0.1) is 12.8 Å². The van der Waals surface area contributed by atoms with Crippen LogP contribution in [-0.4, -0.2) is 24.0 Å². The van der Waals surface area contributed by atoms with Crippen molar-refractivity contribution in [2.75, 3.05) is 13.1 Å². The second-order valence-electron chi connectivity index (χ2n) is 6.15. The molecule has 0 spiro atoms. The number of hydrogen-bond donors (Lipinski definition) is 1. The Morgan fingerprint density at radius 1 is 1.32 bits per heavy atom. The SMILES string of the molecule is CCCC1CCN(C(c2ccc(C)cc2)C(C)N)C1. The fraction of sp³-hybridized carbons (Fsp3) is 0.647. The lowest BCUT2D eigenvalue weighted by atomic mass is 9.98. The van der Waals surface area contributed by atoms with Gasteiger partial charge in [0.1, 0.15) is 0 Å². The first-order chi connectivity index (χ1) is 9.11. The molecule has 0 saturated carbocycles. The normalized spacial score (nSPS) is 23.5. The first kappa shape index (κ1) is 14.5. The van der Waals surface area contributed by atoms with E-state index in [0.717, 1.165) is 5.92 Å². The molecule has 1 saturated heterocycles. The van der Waals surface area contributed by atoms with Crippen LogP contribution in [0.15, 0.2) is 24.3 Å². The molecule has 0 aromatic heterocycles. The first-order valence-electron chi connectivity index (χ1n) is 7.68. The molecule has 0 amide bonds. The Balaban J connectivity index is 2.11. The molecule has 1 aromatic carbocycles. The molecule has 3 unspecified atom stereocenters. The smallest absolute Gasteiger partial charge is 0.0496 e. The topological polar surface area (TPSA) is 29.3 Å². The second kappa shape index (κ2) is 6.53. The number of nitrogens with zero attached hydrogens (tertiary/aromatic N) is 1. The van der Waals surface area contributed by atoms with Crippen molar-refractivity contribution >= 4 is 0 Å². The van der Waals surface area contributed by atoms with E-state index in [1.54, 1.807) is 0 Å². The summed E-state index contributed by atoms with van der Waals surface area (Å²) < 4.78 is 0. The lowest BCUT2D eigenvalue weighted by molar-refractivity contribution is 0.210. The summed E-state index contributed by atoms with van der Waals surface area (Å²) in [5.41, 5.74) is 8.95. The molecule has 2 N–H and O–H groups in total. The van der Waals surface area contributed by atoms with E-state index in [4.69, 9.17) is 5.73 Å². The number of benzene rings is 1. The minimum Gasteiger partial charge on any atom is -0.326 e. The molecule has 1 aliphatic rings. The minimum absolute atomic E-state index is 0.183. The van der Waals surface area contributed by atoms with Crippen molar-refractivity contribution in [3.8, 4) is 0 Å². The lowest BCUT2D eigenvalue weighted by Crippen LogP contribution is -2.38. The summed E-state index contributed by atoms with van der Waals surface area (Å²) in [4.78, 5) is 2.59. The third-order valence-electron chi connectivity index (χ3n) is 4.32. The van der Waals surface area contributed by atoms with Crippen LogP contribution in [0.25, 0.3) is 0 Å². The van der Waals surface area contributed by atoms with Gasteiger partial charge in [-0.15, -0.1) is 0 Å². The van der Waals surface area contributed by atoms with Gasteiger partial charge in [-0.3, -0.25) is 4.90 Å². The number of likely N-dealkylation sites (tertiary alicyclic amines) is 1. The highest BCUT2D eigenvalue weighted by atomic mass is 15.2. The Morgan fingerprint density at radius 2 is 2.00 bits per heavy atom. The summed E-state index contributed by atoms with van der Waals surface area (Å²) in [5.74, 6) is 0.872. The highest BCUT2D eigenvalue weighted by Gasteiger charge is 2.30. The van der Waals surface area contributed by atoms with Crippen LogP contribution < -0.4 is 5.73 Å². The standard InChI is InChI=1S/C17H28N2/c1-4-5-15-10-11-19(12-15)17(14(3)18)16-8-6-13(2)7-9-16/h6-9,14-15,17H,4-5,10-12,18H2,1-3H3. The van der Waals surface area contributed by atoms with Crippen LogP contribution in [0.5, 0.6) is 0 Å². The third kappa shape index (κ3) is 3.58. The number of nitrogens with two attached hydrogens (primary N) is 1. The Morgan fingerprint density at radius 3 is 2.58 bits per heavy atom. The Hall–Kier alpha value is -0.860. The number of hydrogen-bond acceptors (Lipinski definition) is 2.